The molecule has 0 aromatic rings. The fraction of sp³-hybridized carbons (Fsp3) is 0.867. The van der Waals surface area contributed by atoms with Gasteiger partial charge in [0.25, 0.3) is 5.91 Å². The molecule has 4 heteroatoms. The predicted octanol–water partition coefficient (Wildman–Crippen LogP) is 3.07. The molecule has 0 atom stereocenters. The third-order valence-corrected chi connectivity index (χ3v) is 4.93. The first kappa shape index (κ1) is 14.4. The van der Waals surface area contributed by atoms with Crippen LogP contribution in [0.1, 0.15) is 65.2 Å². The molecule has 1 aliphatic heterocycles. The van der Waals surface area contributed by atoms with Gasteiger partial charge in [-0.05, 0) is 18.8 Å². The third-order valence-electron chi connectivity index (χ3n) is 4.93. The Hall–Kier alpha value is -1.06. The highest BCUT2D eigenvalue weighted by molar-refractivity contribution is 6.07. The van der Waals surface area contributed by atoms with Crippen molar-refractivity contribution in [2.45, 2.75) is 70.8 Å². The van der Waals surface area contributed by atoms with Gasteiger partial charge in [0.05, 0.1) is 0 Å². The summed E-state index contributed by atoms with van der Waals surface area (Å²) in [6, 6.07) is -0.168. The number of carbonyl (C=O) groups is 2. The van der Waals surface area contributed by atoms with E-state index in [2.05, 4.69) is 19.2 Å². The molecule has 1 heterocycles. The molecular weight excluding hydrogens is 240 g/mol. The first-order valence-electron chi connectivity index (χ1n) is 7.77. The zero-order valence-corrected chi connectivity index (χ0v) is 12.2. The molecule has 19 heavy (non-hydrogen) atoms. The number of hydrogen-bond donors (Lipinski definition) is 1. The molecular formula is C15H26N2O2. The highest BCUT2D eigenvalue weighted by Gasteiger charge is 2.52. The van der Waals surface area contributed by atoms with E-state index in [1.54, 1.807) is 0 Å². The van der Waals surface area contributed by atoms with Crippen LogP contribution in [0.3, 0.4) is 0 Å². The Bertz CT molecular complexity index is 342. The normalized spacial score (nSPS) is 23.0. The molecule has 1 aliphatic carbocycles. The maximum Gasteiger partial charge on any atom is 0.325 e. The van der Waals surface area contributed by atoms with Crippen molar-refractivity contribution in [3.8, 4) is 0 Å². The van der Waals surface area contributed by atoms with Crippen LogP contribution in [0.5, 0.6) is 0 Å². The van der Waals surface area contributed by atoms with Crippen LogP contribution in [0.25, 0.3) is 0 Å². The quantitative estimate of drug-likeness (QED) is 0.795. The fourth-order valence-electron chi connectivity index (χ4n) is 3.47. The fourth-order valence-corrected chi connectivity index (χ4v) is 3.47. The Morgan fingerprint density at radius 3 is 2.21 bits per heavy atom. The van der Waals surface area contributed by atoms with E-state index in [0.29, 0.717) is 5.92 Å². The van der Waals surface area contributed by atoms with Gasteiger partial charge in [-0.3, -0.25) is 10.1 Å². The monoisotopic (exact) mass is 266 g/mol. The van der Waals surface area contributed by atoms with Crippen LogP contribution >= 0.6 is 0 Å². The summed E-state index contributed by atoms with van der Waals surface area (Å²) in [5.74, 6) is 0.446. The molecule has 2 aliphatic rings. The van der Waals surface area contributed by atoms with Gasteiger partial charge in [0.1, 0.15) is 5.54 Å². The maximum absolute atomic E-state index is 12.3. The highest BCUT2D eigenvalue weighted by Crippen LogP contribution is 2.37. The molecule has 0 aromatic heterocycles. The van der Waals surface area contributed by atoms with E-state index < -0.39 is 5.54 Å². The largest absolute Gasteiger partial charge is 0.325 e. The molecule has 1 N–H and O–H groups in total. The highest BCUT2D eigenvalue weighted by atomic mass is 16.2. The van der Waals surface area contributed by atoms with Gasteiger partial charge in [0.2, 0.25) is 0 Å². The lowest BCUT2D eigenvalue weighted by atomic mass is 9.87. The first-order chi connectivity index (χ1) is 9.14. The van der Waals surface area contributed by atoms with E-state index in [1.165, 1.54) is 12.8 Å². The zero-order chi connectivity index (χ0) is 13.9. The number of nitrogens with zero attached hydrogens (tertiary/aromatic N) is 1. The van der Waals surface area contributed by atoms with E-state index in [0.717, 1.165) is 45.1 Å². The Morgan fingerprint density at radius 1 is 1.11 bits per heavy atom. The summed E-state index contributed by atoms with van der Waals surface area (Å²) >= 11 is 0. The van der Waals surface area contributed by atoms with Crippen molar-refractivity contribution in [1.82, 2.24) is 10.2 Å². The molecule has 1 spiro atoms. The standard InChI is InChI=1S/C15H26N2O2/c1-3-12(4-2)11-17-14(19)16-13(18)15(17)9-7-5-6-8-10-15/h12H,3-11H2,1-2H3,(H,16,18,19). The van der Waals surface area contributed by atoms with Crippen molar-refractivity contribution < 1.29 is 9.59 Å². The number of nitrogens with one attached hydrogen (secondary N) is 1. The van der Waals surface area contributed by atoms with Gasteiger partial charge >= 0.3 is 6.03 Å². The molecule has 1 saturated heterocycles. The summed E-state index contributed by atoms with van der Waals surface area (Å²) in [7, 11) is 0. The van der Waals surface area contributed by atoms with Crippen LogP contribution in [-0.2, 0) is 4.79 Å². The van der Waals surface area contributed by atoms with E-state index in [9.17, 15) is 9.59 Å². The second kappa shape index (κ2) is 5.93. The predicted molar refractivity (Wildman–Crippen MR) is 74.7 cm³/mol. The van der Waals surface area contributed by atoms with Crippen molar-refractivity contribution in [3.05, 3.63) is 0 Å². The Labute approximate surface area is 115 Å². The summed E-state index contributed by atoms with van der Waals surface area (Å²) in [6.45, 7) is 5.04. The topological polar surface area (TPSA) is 49.4 Å². The summed E-state index contributed by atoms with van der Waals surface area (Å²) in [6.07, 6.45) is 8.27. The maximum atomic E-state index is 12.3. The zero-order valence-electron chi connectivity index (χ0n) is 12.2. The van der Waals surface area contributed by atoms with Crippen molar-refractivity contribution >= 4 is 11.9 Å². The number of urea groups is 1. The molecule has 1 saturated carbocycles. The number of carbonyl (C=O) groups excluding carboxylic acids is 2. The number of amides is 3. The van der Waals surface area contributed by atoms with Crippen molar-refractivity contribution in [1.29, 1.82) is 0 Å². The molecule has 4 nitrogen and oxygen atoms in total. The average molecular weight is 266 g/mol. The van der Waals surface area contributed by atoms with Gasteiger partial charge in [-0.25, -0.2) is 4.79 Å². The molecule has 0 radical (unpaired) electrons. The van der Waals surface area contributed by atoms with Crippen LogP contribution in [-0.4, -0.2) is 28.9 Å². The lowest BCUT2D eigenvalue weighted by Crippen LogP contribution is -2.50. The van der Waals surface area contributed by atoms with E-state index in [4.69, 9.17) is 0 Å². The summed E-state index contributed by atoms with van der Waals surface area (Å²) in [4.78, 5) is 26.3. The Balaban J connectivity index is 2.21. The van der Waals surface area contributed by atoms with Crippen molar-refractivity contribution in [2.75, 3.05) is 6.54 Å². The van der Waals surface area contributed by atoms with E-state index >= 15 is 0 Å². The smallest absolute Gasteiger partial charge is 0.309 e. The second-order valence-electron chi connectivity index (χ2n) is 6.00. The van der Waals surface area contributed by atoms with Gasteiger partial charge in [-0.1, -0.05) is 52.4 Å². The van der Waals surface area contributed by atoms with E-state index in [-0.39, 0.29) is 11.9 Å². The number of imide groups is 1. The van der Waals surface area contributed by atoms with Crippen LogP contribution < -0.4 is 5.32 Å². The third kappa shape index (κ3) is 2.63. The van der Waals surface area contributed by atoms with Gasteiger partial charge < -0.3 is 4.90 Å². The molecule has 2 rings (SSSR count). The average Bonchev–Trinajstić information content (AvgIpc) is 2.61. The molecule has 3 amide bonds. The van der Waals surface area contributed by atoms with Gasteiger partial charge in [-0.15, -0.1) is 0 Å². The van der Waals surface area contributed by atoms with Crippen LogP contribution in [0.4, 0.5) is 4.79 Å². The molecule has 0 unspecified atom stereocenters. The SMILES string of the molecule is CCC(CC)CN1C(=O)NC(=O)C12CCCCCC2. The van der Waals surface area contributed by atoms with Crippen molar-refractivity contribution in [3.63, 3.8) is 0 Å². The van der Waals surface area contributed by atoms with Crippen LogP contribution in [0.2, 0.25) is 0 Å². The molecule has 0 aromatic carbocycles. The second-order valence-corrected chi connectivity index (χ2v) is 6.00. The molecule has 0 bridgehead atoms. The Morgan fingerprint density at radius 2 is 1.68 bits per heavy atom. The Kier molecular flexibility index (Phi) is 4.48. The summed E-state index contributed by atoms with van der Waals surface area (Å²) < 4.78 is 0. The van der Waals surface area contributed by atoms with Gasteiger partial charge in [0, 0.05) is 6.54 Å². The van der Waals surface area contributed by atoms with Crippen LogP contribution in [0.15, 0.2) is 0 Å². The number of hydrogen-bond acceptors (Lipinski definition) is 2. The minimum Gasteiger partial charge on any atom is -0.309 e. The minimum atomic E-state index is -0.532. The lowest BCUT2D eigenvalue weighted by Gasteiger charge is -2.36. The molecule has 2 fully saturated rings. The number of rotatable bonds is 4. The summed E-state index contributed by atoms with van der Waals surface area (Å²) in [5, 5.41) is 2.56. The van der Waals surface area contributed by atoms with Gasteiger partial charge in [0.15, 0.2) is 0 Å². The van der Waals surface area contributed by atoms with Gasteiger partial charge in [-0.2, -0.15) is 0 Å². The minimum absolute atomic E-state index is 0.0506. The van der Waals surface area contributed by atoms with Crippen molar-refractivity contribution in [2.24, 2.45) is 5.92 Å². The van der Waals surface area contributed by atoms with E-state index in [1.807, 2.05) is 4.90 Å². The van der Waals surface area contributed by atoms with Crippen LogP contribution in [0, 0.1) is 5.92 Å². The lowest BCUT2D eigenvalue weighted by molar-refractivity contribution is -0.127. The molecule has 108 valence electrons. The summed E-state index contributed by atoms with van der Waals surface area (Å²) in [5.41, 5.74) is -0.532. The first-order valence-corrected chi connectivity index (χ1v) is 7.77.